The Morgan fingerprint density at radius 3 is 2.43 bits per heavy atom. The quantitative estimate of drug-likeness (QED) is 0.747. The molecule has 0 aliphatic rings. The standard InChI is InChI=1S/C17H28N2O2/c1-6-12-19(4)13-17(16(20)21-5,18-14(2)3)15-10-8-7-9-11-15/h7-11,14,18H,6,12-13H2,1-5H3. The van der Waals surface area contributed by atoms with Gasteiger partial charge in [-0.05, 0) is 39.4 Å². The van der Waals surface area contributed by atoms with E-state index in [1.807, 2.05) is 51.2 Å². The minimum Gasteiger partial charge on any atom is -0.467 e. The van der Waals surface area contributed by atoms with Gasteiger partial charge in [-0.2, -0.15) is 0 Å². The molecule has 1 rings (SSSR count). The maximum Gasteiger partial charge on any atom is 0.332 e. The van der Waals surface area contributed by atoms with Crippen LogP contribution in [0.2, 0.25) is 0 Å². The van der Waals surface area contributed by atoms with Gasteiger partial charge in [0, 0.05) is 12.6 Å². The predicted molar refractivity (Wildman–Crippen MR) is 86.2 cm³/mol. The Hall–Kier alpha value is -1.39. The van der Waals surface area contributed by atoms with E-state index < -0.39 is 5.54 Å². The number of methoxy groups -OCH3 is 1. The molecule has 0 aliphatic heterocycles. The van der Waals surface area contributed by atoms with Crippen LogP contribution in [0.15, 0.2) is 30.3 Å². The average molecular weight is 292 g/mol. The van der Waals surface area contributed by atoms with Crippen molar-refractivity contribution in [3.8, 4) is 0 Å². The number of ether oxygens (including phenoxy) is 1. The van der Waals surface area contributed by atoms with Gasteiger partial charge in [-0.15, -0.1) is 0 Å². The number of carbonyl (C=O) groups is 1. The van der Waals surface area contributed by atoms with Crippen LogP contribution >= 0.6 is 0 Å². The van der Waals surface area contributed by atoms with Crippen molar-refractivity contribution in [1.29, 1.82) is 0 Å². The summed E-state index contributed by atoms with van der Waals surface area (Å²) in [4.78, 5) is 14.8. The fourth-order valence-corrected chi connectivity index (χ4v) is 2.72. The van der Waals surface area contributed by atoms with Gasteiger partial charge in [0.25, 0.3) is 0 Å². The molecule has 0 spiro atoms. The monoisotopic (exact) mass is 292 g/mol. The zero-order chi connectivity index (χ0) is 15.9. The van der Waals surface area contributed by atoms with Crippen LogP contribution in [0.4, 0.5) is 0 Å². The molecule has 118 valence electrons. The number of rotatable bonds is 8. The molecular weight excluding hydrogens is 264 g/mol. The summed E-state index contributed by atoms with van der Waals surface area (Å²) in [5.41, 5.74) is 0.0992. The highest BCUT2D eigenvalue weighted by atomic mass is 16.5. The third-order valence-electron chi connectivity index (χ3n) is 3.45. The Morgan fingerprint density at radius 2 is 1.95 bits per heavy atom. The van der Waals surface area contributed by atoms with Crippen molar-refractivity contribution in [2.24, 2.45) is 0 Å². The molecule has 0 radical (unpaired) electrons. The van der Waals surface area contributed by atoms with Gasteiger partial charge < -0.3 is 9.64 Å². The van der Waals surface area contributed by atoms with Crippen molar-refractivity contribution in [3.05, 3.63) is 35.9 Å². The van der Waals surface area contributed by atoms with Gasteiger partial charge in [0.2, 0.25) is 0 Å². The van der Waals surface area contributed by atoms with E-state index in [0.717, 1.165) is 18.5 Å². The van der Waals surface area contributed by atoms with Crippen LogP contribution in [0.25, 0.3) is 0 Å². The number of nitrogens with one attached hydrogen (secondary N) is 1. The maximum atomic E-state index is 12.6. The molecule has 0 bridgehead atoms. The van der Waals surface area contributed by atoms with Crippen molar-refractivity contribution in [2.75, 3.05) is 27.2 Å². The van der Waals surface area contributed by atoms with Crippen molar-refractivity contribution >= 4 is 5.97 Å². The van der Waals surface area contributed by atoms with E-state index in [1.165, 1.54) is 7.11 Å². The van der Waals surface area contributed by atoms with Gasteiger partial charge >= 0.3 is 5.97 Å². The summed E-state index contributed by atoms with van der Waals surface area (Å²) >= 11 is 0. The molecular formula is C17H28N2O2. The third kappa shape index (κ3) is 4.55. The first kappa shape index (κ1) is 17.7. The number of esters is 1. The lowest BCUT2D eigenvalue weighted by Gasteiger charge is -2.37. The van der Waals surface area contributed by atoms with Crippen LogP contribution in [0, 0.1) is 0 Å². The lowest BCUT2D eigenvalue weighted by molar-refractivity contribution is -0.150. The largest absolute Gasteiger partial charge is 0.467 e. The average Bonchev–Trinajstić information content (AvgIpc) is 2.46. The summed E-state index contributed by atoms with van der Waals surface area (Å²) in [6.45, 7) is 7.73. The van der Waals surface area contributed by atoms with Gasteiger partial charge in [-0.25, -0.2) is 4.79 Å². The molecule has 0 aromatic heterocycles. The van der Waals surface area contributed by atoms with Crippen LogP contribution in [-0.2, 0) is 15.1 Å². The zero-order valence-corrected chi connectivity index (χ0v) is 13.8. The fraction of sp³-hybridized carbons (Fsp3) is 0.588. The smallest absolute Gasteiger partial charge is 0.332 e. The molecule has 0 amide bonds. The van der Waals surface area contributed by atoms with Crippen molar-refractivity contribution in [1.82, 2.24) is 10.2 Å². The van der Waals surface area contributed by atoms with Crippen LogP contribution in [0.1, 0.15) is 32.8 Å². The van der Waals surface area contributed by atoms with Gasteiger partial charge in [0.1, 0.15) is 0 Å². The summed E-state index contributed by atoms with van der Waals surface area (Å²) < 4.78 is 5.12. The molecule has 0 aliphatic carbocycles. The number of hydrogen-bond donors (Lipinski definition) is 1. The Balaban J connectivity index is 3.24. The molecule has 1 atom stereocenters. The van der Waals surface area contributed by atoms with E-state index in [0.29, 0.717) is 6.54 Å². The van der Waals surface area contributed by atoms with Crippen LogP contribution in [-0.4, -0.2) is 44.2 Å². The Labute approximate surface area is 128 Å². The second-order valence-corrected chi connectivity index (χ2v) is 5.80. The molecule has 4 nitrogen and oxygen atoms in total. The summed E-state index contributed by atoms with van der Waals surface area (Å²) in [6.07, 6.45) is 1.05. The van der Waals surface area contributed by atoms with Crippen molar-refractivity contribution < 1.29 is 9.53 Å². The van der Waals surface area contributed by atoms with E-state index in [-0.39, 0.29) is 12.0 Å². The van der Waals surface area contributed by atoms with Crippen LogP contribution < -0.4 is 5.32 Å². The highest BCUT2D eigenvalue weighted by molar-refractivity contribution is 5.83. The highest BCUT2D eigenvalue weighted by Gasteiger charge is 2.42. The summed E-state index contributed by atoms with van der Waals surface area (Å²) in [5.74, 6) is -0.245. The SMILES string of the molecule is CCCN(C)CC(NC(C)C)(C(=O)OC)c1ccccc1. The number of likely N-dealkylation sites (N-methyl/N-ethyl adjacent to an activating group) is 1. The molecule has 0 heterocycles. The molecule has 21 heavy (non-hydrogen) atoms. The molecule has 1 unspecified atom stereocenters. The van der Waals surface area contributed by atoms with Gasteiger partial charge in [-0.1, -0.05) is 37.3 Å². The summed E-state index contributed by atoms with van der Waals surface area (Å²) in [5, 5.41) is 3.43. The number of hydrogen-bond acceptors (Lipinski definition) is 4. The minimum atomic E-state index is -0.839. The molecule has 1 aromatic rings. The number of carbonyl (C=O) groups excluding carboxylic acids is 1. The lowest BCUT2D eigenvalue weighted by Crippen LogP contribution is -2.58. The second kappa shape index (κ2) is 8.15. The molecule has 0 saturated carbocycles. The van der Waals surface area contributed by atoms with E-state index >= 15 is 0 Å². The van der Waals surface area contributed by atoms with E-state index in [1.54, 1.807) is 0 Å². The van der Waals surface area contributed by atoms with E-state index in [9.17, 15) is 4.79 Å². The maximum absolute atomic E-state index is 12.6. The van der Waals surface area contributed by atoms with E-state index in [4.69, 9.17) is 4.74 Å². The summed E-state index contributed by atoms with van der Waals surface area (Å²) in [7, 11) is 3.48. The third-order valence-corrected chi connectivity index (χ3v) is 3.45. The first-order chi connectivity index (χ1) is 9.96. The first-order valence-corrected chi connectivity index (χ1v) is 7.56. The minimum absolute atomic E-state index is 0.166. The van der Waals surface area contributed by atoms with Gasteiger partial charge in [-0.3, -0.25) is 5.32 Å². The van der Waals surface area contributed by atoms with Crippen LogP contribution in [0.5, 0.6) is 0 Å². The second-order valence-electron chi connectivity index (χ2n) is 5.80. The molecule has 4 heteroatoms. The Morgan fingerprint density at radius 1 is 1.33 bits per heavy atom. The Kier molecular flexibility index (Phi) is 6.85. The molecule has 1 aromatic carbocycles. The topological polar surface area (TPSA) is 41.6 Å². The molecule has 0 saturated heterocycles. The fourth-order valence-electron chi connectivity index (χ4n) is 2.72. The van der Waals surface area contributed by atoms with E-state index in [2.05, 4.69) is 17.1 Å². The molecule has 0 fully saturated rings. The predicted octanol–water partition coefficient (Wildman–Crippen LogP) is 2.39. The summed E-state index contributed by atoms with van der Waals surface area (Å²) in [6, 6.07) is 9.98. The lowest BCUT2D eigenvalue weighted by atomic mass is 9.88. The number of benzene rings is 1. The number of nitrogens with zero attached hydrogens (tertiary/aromatic N) is 1. The Bertz CT molecular complexity index is 434. The first-order valence-electron chi connectivity index (χ1n) is 7.56. The van der Waals surface area contributed by atoms with Gasteiger partial charge in [0.15, 0.2) is 5.54 Å². The molecule has 1 N–H and O–H groups in total. The van der Waals surface area contributed by atoms with Gasteiger partial charge in [0.05, 0.1) is 7.11 Å². The normalized spacial score (nSPS) is 14.2. The van der Waals surface area contributed by atoms with Crippen molar-refractivity contribution in [2.45, 2.75) is 38.8 Å². The highest BCUT2D eigenvalue weighted by Crippen LogP contribution is 2.25. The zero-order valence-electron chi connectivity index (χ0n) is 13.8. The van der Waals surface area contributed by atoms with Crippen molar-refractivity contribution in [3.63, 3.8) is 0 Å². The van der Waals surface area contributed by atoms with Crippen LogP contribution in [0.3, 0.4) is 0 Å².